The first kappa shape index (κ1) is 23.6. The van der Waals surface area contributed by atoms with Crippen LogP contribution < -0.4 is 15.4 Å². The van der Waals surface area contributed by atoms with Crippen molar-refractivity contribution in [3.05, 3.63) is 54.6 Å². The van der Waals surface area contributed by atoms with Crippen molar-refractivity contribution in [2.24, 2.45) is 0 Å². The van der Waals surface area contributed by atoms with E-state index in [1.54, 1.807) is 13.1 Å². The molecule has 1 amide bonds. The summed E-state index contributed by atoms with van der Waals surface area (Å²) in [4.78, 5) is 25.8. The molecule has 3 aromatic heterocycles. The van der Waals surface area contributed by atoms with Gasteiger partial charge in [0, 0.05) is 24.1 Å². The van der Waals surface area contributed by atoms with Gasteiger partial charge in [-0.15, -0.1) is 0 Å². The van der Waals surface area contributed by atoms with Gasteiger partial charge in [0.2, 0.25) is 11.7 Å². The van der Waals surface area contributed by atoms with E-state index in [9.17, 15) is 9.90 Å². The number of fused-ring (bicyclic) bond motifs is 2. The lowest BCUT2D eigenvalue weighted by Crippen LogP contribution is -2.33. The lowest BCUT2D eigenvalue weighted by Gasteiger charge is -2.13. The van der Waals surface area contributed by atoms with E-state index in [-0.39, 0.29) is 6.54 Å². The molecule has 3 heterocycles. The minimum atomic E-state index is -1.33. The van der Waals surface area contributed by atoms with Gasteiger partial charge in [0.25, 0.3) is 5.91 Å². The molecular weight excluding hydrogens is 480 g/mol. The monoisotopic (exact) mass is 504 g/mol. The van der Waals surface area contributed by atoms with Crippen LogP contribution in [-0.2, 0) is 4.79 Å². The second kappa shape index (κ2) is 10.3. The van der Waals surface area contributed by atoms with Crippen molar-refractivity contribution >= 4 is 49.2 Å². The number of aliphatic hydroxyl groups excluding tert-OH is 1. The number of amides is 1. The van der Waals surface area contributed by atoms with Crippen LogP contribution in [0.15, 0.2) is 53.2 Å². The Bertz CT molecular complexity index is 1530. The predicted molar refractivity (Wildman–Crippen MR) is 138 cm³/mol. The second-order valence-electron chi connectivity index (χ2n) is 8.09. The number of rotatable bonds is 9. The van der Waals surface area contributed by atoms with Gasteiger partial charge >= 0.3 is 0 Å². The molecule has 184 valence electrons. The molecule has 10 nitrogen and oxygen atoms in total. The summed E-state index contributed by atoms with van der Waals surface area (Å²) in [7, 11) is 0. The van der Waals surface area contributed by atoms with E-state index in [0.717, 1.165) is 38.7 Å². The van der Waals surface area contributed by atoms with Gasteiger partial charge in [0.15, 0.2) is 5.13 Å². The predicted octanol–water partition coefficient (Wildman–Crippen LogP) is 4.40. The highest BCUT2D eigenvalue weighted by Gasteiger charge is 2.19. The van der Waals surface area contributed by atoms with Crippen LogP contribution in [0, 0.1) is 6.92 Å². The van der Waals surface area contributed by atoms with E-state index in [1.807, 2.05) is 49.4 Å². The lowest BCUT2D eigenvalue weighted by molar-refractivity contribution is -0.123. The van der Waals surface area contributed by atoms with Gasteiger partial charge in [-0.1, -0.05) is 41.6 Å². The highest BCUT2D eigenvalue weighted by Crippen LogP contribution is 2.34. The van der Waals surface area contributed by atoms with Crippen molar-refractivity contribution in [3.8, 4) is 17.1 Å². The number of pyridine rings is 1. The number of hydrogen-bond donors (Lipinski definition) is 3. The summed E-state index contributed by atoms with van der Waals surface area (Å²) in [6, 6.07) is 13.2. The van der Waals surface area contributed by atoms with Gasteiger partial charge in [-0.25, -0.2) is 9.97 Å². The summed E-state index contributed by atoms with van der Waals surface area (Å²) in [5.74, 6) is 1.64. The fourth-order valence-electron chi connectivity index (χ4n) is 3.64. The molecule has 0 bridgehead atoms. The van der Waals surface area contributed by atoms with Crippen LogP contribution in [0.2, 0.25) is 0 Å². The molecule has 0 aliphatic heterocycles. The van der Waals surface area contributed by atoms with Crippen LogP contribution in [0.3, 0.4) is 0 Å². The van der Waals surface area contributed by atoms with Gasteiger partial charge in [-0.2, -0.15) is 4.98 Å². The molecule has 5 aromatic rings. The molecule has 1 atom stereocenters. The second-order valence-corrected chi connectivity index (χ2v) is 9.09. The number of aryl methyl sites for hydroxylation is 1. The molecule has 0 fully saturated rings. The van der Waals surface area contributed by atoms with Gasteiger partial charge in [-0.05, 0) is 36.1 Å². The Kier molecular flexibility index (Phi) is 6.74. The Morgan fingerprint density at radius 1 is 1.22 bits per heavy atom. The van der Waals surface area contributed by atoms with Crippen molar-refractivity contribution in [3.63, 3.8) is 0 Å². The van der Waals surface area contributed by atoms with Crippen LogP contribution in [0.5, 0.6) is 5.75 Å². The number of aromatic nitrogens is 4. The molecule has 0 radical (unpaired) electrons. The highest BCUT2D eigenvalue weighted by atomic mass is 32.1. The molecule has 0 saturated heterocycles. The Hall–Kier alpha value is -4.09. The molecule has 11 heteroatoms. The third-order valence-corrected chi connectivity index (χ3v) is 6.39. The first-order valence-electron chi connectivity index (χ1n) is 11.5. The van der Waals surface area contributed by atoms with E-state index >= 15 is 0 Å². The first-order chi connectivity index (χ1) is 17.5. The van der Waals surface area contributed by atoms with Crippen LogP contribution >= 0.6 is 11.3 Å². The average molecular weight is 505 g/mol. The largest absolute Gasteiger partial charge is 0.492 e. The van der Waals surface area contributed by atoms with Crippen LogP contribution in [0.1, 0.15) is 19.2 Å². The smallest absolute Gasteiger partial charge is 0.256 e. The summed E-state index contributed by atoms with van der Waals surface area (Å²) in [6.07, 6.45) is 1.23. The summed E-state index contributed by atoms with van der Waals surface area (Å²) >= 11 is 1.31. The molecule has 36 heavy (non-hydrogen) atoms. The van der Waals surface area contributed by atoms with Crippen molar-refractivity contribution in [1.29, 1.82) is 0 Å². The lowest BCUT2D eigenvalue weighted by atomic mass is 10.1. The Morgan fingerprint density at radius 2 is 2.11 bits per heavy atom. The third kappa shape index (κ3) is 4.97. The zero-order valence-corrected chi connectivity index (χ0v) is 20.5. The standard InChI is InChI=1S/C25H24N6O4S/c1-3-11-34-20-6-4-5-18-21(20)36-25(29-18)30-24(33)19(32)13-27-23-17-12-16(22-28-14(2)35-31-22)8-7-15(17)9-10-26-23/h4-10,12,19,32H,3,11,13H2,1-2H3,(H,26,27)(H,29,30,33)/t19-/m0/s1. The van der Waals surface area contributed by atoms with Crippen molar-refractivity contribution in [2.75, 3.05) is 23.8 Å². The molecule has 0 spiro atoms. The van der Waals surface area contributed by atoms with Gasteiger partial charge in [0.1, 0.15) is 17.7 Å². The number of carbonyl (C=O) groups excluding carboxylic acids is 1. The Labute approximate surface area is 210 Å². The Morgan fingerprint density at radius 3 is 2.92 bits per heavy atom. The summed E-state index contributed by atoms with van der Waals surface area (Å²) in [6.45, 7) is 4.32. The number of nitrogens with zero attached hydrogens (tertiary/aromatic N) is 4. The fraction of sp³-hybridized carbons (Fsp3) is 0.240. The van der Waals surface area contributed by atoms with Gasteiger partial charge < -0.3 is 19.7 Å². The molecule has 0 unspecified atom stereocenters. The number of anilines is 2. The first-order valence-corrected chi connectivity index (χ1v) is 12.3. The summed E-state index contributed by atoms with van der Waals surface area (Å²) in [5.41, 5.74) is 1.50. The van der Waals surface area contributed by atoms with E-state index in [0.29, 0.717) is 29.3 Å². The average Bonchev–Trinajstić information content (AvgIpc) is 3.51. The summed E-state index contributed by atoms with van der Waals surface area (Å²) < 4.78 is 11.7. The third-order valence-electron chi connectivity index (χ3n) is 5.39. The topological polar surface area (TPSA) is 135 Å². The van der Waals surface area contributed by atoms with E-state index in [4.69, 9.17) is 9.26 Å². The van der Waals surface area contributed by atoms with E-state index < -0.39 is 12.0 Å². The zero-order valence-electron chi connectivity index (χ0n) is 19.7. The van der Waals surface area contributed by atoms with E-state index in [1.165, 1.54) is 11.3 Å². The molecule has 2 aromatic carbocycles. The van der Waals surface area contributed by atoms with Crippen molar-refractivity contribution < 1.29 is 19.2 Å². The molecule has 0 aliphatic rings. The van der Waals surface area contributed by atoms with Crippen molar-refractivity contribution in [2.45, 2.75) is 26.4 Å². The number of aliphatic hydroxyl groups is 1. The number of thiazole rings is 1. The fourth-order valence-corrected chi connectivity index (χ4v) is 4.58. The van der Waals surface area contributed by atoms with Crippen LogP contribution in [0.4, 0.5) is 10.9 Å². The number of hydrogen-bond acceptors (Lipinski definition) is 10. The molecular formula is C25H24N6O4S. The van der Waals surface area contributed by atoms with Crippen LogP contribution in [0.25, 0.3) is 32.4 Å². The van der Waals surface area contributed by atoms with E-state index in [2.05, 4.69) is 30.7 Å². The number of nitrogens with one attached hydrogen (secondary N) is 2. The normalized spacial score (nSPS) is 12.1. The van der Waals surface area contributed by atoms with Crippen molar-refractivity contribution in [1.82, 2.24) is 20.1 Å². The maximum atomic E-state index is 12.7. The zero-order chi connectivity index (χ0) is 25.1. The molecule has 5 rings (SSSR count). The summed E-state index contributed by atoms with van der Waals surface area (Å²) in [5, 5.41) is 22.4. The number of carbonyl (C=O) groups is 1. The molecule has 0 aliphatic carbocycles. The van der Waals surface area contributed by atoms with Gasteiger partial charge in [0.05, 0.1) is 23.4 Å². The maximum absolute atomic E-state index is 12.7. The SMILES string of the molecule is CCCOc1cccc2nc(NC(=O)[C@@H](O)CNc3nccc4ccc(-c5noc(C)n5)cc34)sc12. The Balaban J connectivity index is 1.28. The quantitative estimate of drug-likeness (QED) is 0.267. The number of benzene rings is 2. The highest BCUT2D eigenvalue weighted by molar-refractivity contribution is 7.22. The maximum Gasteiger partial charge on any atom is 0.256 e. The van der Waals surface area contributed by atoms with Crippen LogP contribution in [-0.4, -0.2) is 50.4 Å². The minimum absolute atomic E-state index is 0.0424. The minimum Gasteiger partial charge on any atom is -0.492 e. The molecule has 0 saturated carbocycles. The molecule has 3 N–H and O–H groups in total. The van der Waals surface area contributed by atoms with Gasteiger partial charge in [-0.3, -0.25) is 10.1 Å². The number of ether oxygens (including phenoxy) is 1.